The maximum Gasteiger partial charge on any atom is 0.433 e. The zero-order chi connectivity index (χ0) is 18.2. The highest BCUT2D eigenvalue weighted by Gasteiger charge is 2.47. The van der Waals surface area contributed by atoms with Crippen molar-refractivity contribution < 1.29 is 22.6 Å². The molecule has 2 atom stereocenters. The van der Waals surface area contributed by atoms with Gasteiger partial charge in [0.05, 0.1) is 24.9 Å². The van der Waals surface area contributed by atoms with Crippen LogP contribution in [-0.2, 0) is 10.9 Å². The first-order chi connectivity index (χ1) is 12.4. The van der Waals surface area contributed by atoms with E-state index in [-0.39, 0.29) is 12.1 Å². The zero-order valence-electron chi connectivity index (χ0n) is 13.8. The molecule has 0 saturated carbocycles. The SMILES string of the molecule is FC(F)(F)c1ccnc(N2CC[C@]3(C[C@H](Oc4cccnc4)CO3)C2)n1. The van der Waals surface area contributed by atoms with E-state index in [9.17, 15) is 13.2 Å². The van der Waals surface area contributed by atoms with Crippen LogP contribution >= 0.6 is 0 Å². The van der Waals surface area contributed by atoms with Crippen LogP contribution in [0.3, 0.4) is 0 Å². The smallest absolute Gasteiger partial charge is 0.433 e. The van der Waals surface area contributed by atoms with Gasteiger partial charge in [0.15, 0.2) is 0 Å². The number of nitrogens with zero attached hydrogens (tertiary/aromatic N) is 4. The minimum Gasteiger partial charge on any atom is -0.486 e. The molecule has 2 aromatic heterocycles. The molecule has 9 heteroatoms. The second-order valence-electron chi connectivity index (χ2n) is 6.54. The summed E-state index contributed by atoms with van der Waals surface area (Å²) in [5.41, 5.74) is -1.38. The largest absolute Gasteiger partial charge is 0.486 e. The molecule has 0 amide bonds. The van der Waals surface area contributed by atoms with Gasteiger partial charge in [-0.1, -0.05) is 0 Å². The summed E-state index contributed by atoms with van der Waals surface area (Å²) < 4.78 is 50.4. The molecule has 0 N–H and O–H groups in total. The number of halogens is 3. The monoisotopic (exact) mass is 366 g/mol. The molecule has 138 valence electrons. The second kappa shape index (κ2) is 6.39. The van der Waals surface area contributed by atoms with Crippen LogP contribution in [0.2, 0.25) is 0 Å². The van der Waals surface area contributed by atoms with Crippen LogP contribution < -0.4 is 9.64 Å². The quantitative estimate of drug-likeness (QED) is 0.833. The maximum absolute atomic E-state index is 12.9. The minimum absolute atomic E-state index is 0.0805. The normalized spacial score (nSPS) is 25.8. The molecule has 2 aliphatic rings. The van der Waals surface area contributed by atoms with E-state index in [0.717, 1.165) is 12.3 Å². The highest BCUT2D eigenvalue weighted by molar-refractivity contribution is 5.35. The Kier molecular flexibility index (Phi) is 4.18. The Morgan fingerprint density at radius 1 is 1.27 bits per heavy atom. The molecule has 4 heterocycles. The van der Waals surface area contributed by atoms with E-state index in [4.69, 9.17) is 9.47 Å². The third-order valence-corrected chi connectivity index (χ3v) is 4.64. The van der Waals surface area contributed by atoms with E-state index in [1.54, 1.807) is 23.4 Å². The predicted octanol–water partition coefficient (Wildman–Crippen LogP) is 2.71. The average Bonchev–Trinajstić information content (AvgIpc) is 3.22. The van der Waals surface area contributed by atoms with Crippen molar-refractivity contribution in [3.05, 3.63) is 42.5 Å². The molecule has 6 nitrogen and oxygen atoms in total. The lowest BCUT2D eigenvalue weighted by Crippen LogP contribution is -2.34. The first kappa shape index (κ1) is 17.0. The van der Waals surface area contributed by atoms with Gasteiger partial charge in [-0.05, 0) is 24.6 Å². The van der Waals surface area contributed by atoms with E-state index >= 15 is 0 Å². The summed E-state index contributed by atoms with van der Waals surface area (Å²) in [7, 11) is 0. The first-order valence-electron chi connectivity index (χ1n) is 8.29. The molecule has 2 aromatic rings. The molecule has 1 spiro atoms. The summed E-state index contributed by atoms with van der Waals surface area (Å²) in [5.74, 6) is 0.756. The van der Waals surface area contributed by atoms with E-state index in [1.807, 2.05) is 6.07 Å². The fourth-order valence-corrected chi connectivity index (χ4v) is 3.45. The van der Waals surface area contributed by atoms with Gasteiger partial charge in [0, 0.05) is 25.4 Å². The van der Waals surface area contributed by atoms with Crippen molar-refractivity contribution in [3.63, 3.8) is 0 Å². The van der Waals surface area contributed by atoms with E-state index in [0.29, 0.717) is 38.3 Å². The maximum atomic E-state index is 12.9. The number of rotatable bonds is 3. The topological polar surface area (TPSA) is 60.4 Å². The molecule has 0 aliphatic carbocycles. The second-order valence-corrected chi connectivity index (χ2v) is 6.54. The van der Waals surface area contributed by atoms with Crippen molar-refractivity contribution in [2.24, 2.45) is 0 Å². The van der Waals surface area contributed by atoms with Gasteiger partial charge in [0.25, 0.3) is 0 Å². The van der Waals surface area contributed by atoms with Crippen molar-refractivity contribution in [2.75, 3.05) is 24.6 Å². The summed E-state index contributed by atoms with van der Waals surface area (Å²) in [4.78, 5) is 13.4. The summed E-state index contributed by atoms with van der Waals surface area (Å²) >= 11 is 0. The van der Waals surface area contributed by atoms with E-state index in [2.05, 4.69) is 15.0 Å². The third kappa shape index (κ3) is 3.44. The van der Waals surface area contributed by atoms with Gasteiger partial charge < -0.3 is 14.4 Å². The molecule has 0 bridgehead atoms. The van der Waals surface area contributed by atoms with Crippen LogP contribution in [0.25, 0.3) is 0 Å². The summed E-state index contributed by atoms with van der Waals surface area (Å²) in [6.45, 7) is 1.42. The first-order valence-corrected chi connectivity index (χ1v) is 8.29. The van der Waals surface area contributed by atoms with Crippen LogP contribution in [-0.4, -0.2) is 46.4 Å². The Hall–Kier alpha value is -2.42. The highest BCUT2D eigenvalue weighted by Crippen LogP contribution is 2.38. The van der Waals surface area contributed by atoms with Crippen LogP contribution in [0.5, 0.6) is 5.75 Å². The fourth-order valence-electron chi connectivity index (χ4n) is 3.45. The van der Waals surface area contributed by atoms with E-state index in [1.165, 1.54) is 0 Å². The molecule has 0 radical (unpaired) electrons. The Morgan fingerprint density at radius 2 is 2.15 bits per heavy atom. The summed E-state index contributed by atoms with van der Waals surface area (Å²) in [6.07, 6.45) is 1.21. The number of alkyl halides is 3. The number of anilines is 1. The van der Waals surface area contributed by atoms with Crippen molar-refractivity contribution in [1.29, 1.82) is 0 Å². The van der Waals surface area contributed by atoms with Gasteiger partial charge in [-0.3, -0.25) is 4.98 Å². The molecule has 2 aliphatic heterocycles. The lowest BCUT2D eigenvalue weighted by atomic mass is 9.98. The molecule has 4 rings (SSSR count). The van der Waals surface area contributed by atoms with Gasteiger partial charge in [0.2, 0.25) is 5.95 Å². The molecule has 2 fully saturated rings. The summed E-state index contributed by atoms with van der Waals surface area (Å²) in [5, 5.41) is 0. The Morgan fingerprint density at radius 3 is 2.92 bits per heavy atom. The standard InChI is InChI=1S/C17H17F3N4O2/c18-17(19,20)14-3-6-22-15(23-14)24-7-4-16(11-24)8-13(10-25-16)26-12-2-1-5-21-9-12/h1-3,5-6,9,13H,4,7-8,10-11H2/t13-,16-/m0/s1. The Bertz CT molecular complexity index is 774. The number of hydrogen-bond acceptors (Lipinski definition) is 6. The summed E-state index contributed by atoms with van der Waals surface area (Å²) in [6, 6.07) is 4.50. The molecule has 0 aromatic carbocycles. The number of ether oxygens (including phenoxy) is 2. The zero-order valence-corrected chi connectivity index (χ0v) is 13.8. The Balaban J connectivity index is 1.42. The van der Waals surface area contributed by atoms with Crippen molar-refractivity contribution in [3.8, 4) is 5.75 Å². The minimum atomic E-state index is -4.48. The number of hydrogen-bond donors (Lipinski definition) is 0. The average molecular weight is 366 g/mol. The van der Waals surface area contributed by atoms with Crippen molar-refractivity contribution in [2.45, 2.75) is 30.7 Å². The molecular weight excluding hydrogens is 349 g/mol. The van der Waals surface area contributed by atoms with Gasteiger partial charge >= 0.3 is 6.18 Å². The van der Waals surface area contributed by atoms with Crippen LogP contribution in [0, 0.1) is 0 Å². The third-order valence-electron chi connectivity index (χ3n) is 4.64. The van der Waals surface area contributed by atoms with Crippen molar-refractivity contribution >= 4 is 5.95 Å². The van der Waals surface area contributed by atoms with E-state index < -0.39 is 17.5 Å². The number of pyridine rings is 1. The van der Waals surface area contributed by atoms with Crippen LogP contribution in [0.4, 0.5) is 19.1 Å². The number of aromatic nitrogens is 3. The van der Waals surface area contributed by atoms with Crippen molar-refractivity contribution in [1.82, 2.24) is 15.0 Å². The predicted molar refractivity (Wildman–Crippen MR) is 85.8 cm³/mol. The van der Waals surface area contributed by atoms with Crippen LogP contribution in [0.1, 0.15) is 18.5 Å². The Labute approximate surface area is 148 Å². The lowest BCUT2D eigenvalue weighted by molar-refractivity contribution is -0.141. The molecule has 2 saturated heterocycles. The molecular formula is C17H17F3N4O2. The van der Waals surface area contributed by atoms with Crippen LogP contribution in [0.15, 0.2) is 36.8 Å². The molecule has 26 heavy (non-hydrogen) atoms. The van der Waals surface area contributed by atoms with Gasteiger partial charge in [-0.2, -0.15) is 13.2 Å². The van der Waals surface area contributed by atoms with Gasteiger partial charge in [-0.25, -0.2) is 9.97 Å². The lowest BCUT2D eigenvalue weighted by Gasteiger charge is -2.23. The fraction of sp³-hybridized carbons (Fsp3) is 0.471. The highest BCUT2D eigenvalue weighted by atomic mass is 19.4. The van der Waals surface area contributed by atoms with Gasteiger partial charge in [0.1, 0.15) is 17.5 Å². The molecule has 0 unspecified atom stereocenters. The van der Waals surface area contributed by atoms with Gasteiger partial charge in [-0.15, -0.1) is 0 Å².